The first-order valence-electron chi connectivity index (χ1n) is 12.6. The number of benzene rings is 2. The van der Waals surface area contributed by atoms with Crippen molar-refractivity contribution in [2.75, 3.05) is 39.1 Å². The van der Waals surface area contributed by atoms with E-state index in [1.165, 1.54) is 23.8 Å². The van der Waals surface area contributed by atoms with E-state index in [4.69, 9.17) is 15.2 Å². The predicted molar refractivity (Wildman–Crippen MR) is 140 cm³/mol. The molecule has 9 nitrogen and oxygen atoms in total. The largest absolute Gasteiger partial charge is 0.461 e. The van der Waals surface area contributed by atoms with Crippen LogP contribution in [0.3, 0.4) is 0 Å². The Kier molecular flexibility index (Phi) is 7.58. The van der Waals surface area contributed by atoms with Crippen molar-refractivity contribution in [2.24, 2.45) is 0 Å². The van der Waals surface area contributed by atoms with Gasteiger partial charge in [0.2, 0.25) is 0 Å². The molecule has 206 valence electrons. The molecule has 2 aromatic carbocycles. The number of halogens is 3. The van der Waals surface area contributed by atoms with Gasteiger partial charge < -0.3 is 20.2 Å². The second kappa shape index (κ2) is 11.1. The molecule has 12 heteroatoms. The lowest BCUT2D eigenvalue weighted by atomic mass is 9.98. The molecule has 0 bridgehead atoms. The Labute approximate surface area is 222 Å². The number of nitrogens with two attached hydrogens (primary N) is 1. The molecule has 0 radical (unpaired) electrons. The van der Waals surface area contributed by atoms with E-state index in [1.54, 1.807) is 24.3 Å². The fourth-order valence-electron chi connectivity index (χ4n) is 4.76. The number of aromatic nitrogens is 4. The second-order valence-corrected chi connectivity index (χ2v) is 9.54. The van der Waals surface area contributed by atoms with E-state index < -0.39 is 17.4 Å². The van der Waals surface area contributed by atoms with Gasteiger partial charge in [-0.2, -0.15) is 23.1 Å². The maximum absolute atomic E-state index is 13.7. The number of nitrogens with zero attached hydrogens (tertiary/aromatic N) is 4. The number of methoxy groups -OCH3 is 1. The van der Waals surface area contributed by atoms with Crippen LogP contribution in [0.4, 0.5) is 19.0 Å². The summed E-state index contributed by atoms with van der Waals surface area (Å²) in [6.45, 7) is 2.98. The third kappa shape index (κ3) is 6.07. The molecular formula is C27H29F3N6O3. The standard InChI is InChI=1S/C27H29F3N6O3/c1-38-10-11-39-25-33-23(31)22-24(34-25)36(26(37)32-22)16-17-4-6-19(7-5-17)20-12-18(15-35-8-2-3-9-35)13-21(14-20)27(28,29)30/h4-7,12-14H,2-3,8-11,15-16H2,1H3,(H,32,37)(H2,31,33,34). The third-order valence-corrected chi connectivity index (χ3v) is 6.70. The lowest BCUT2D eigenvalue weighted by molar-refractivity contribution is -0.137. The average molecular weight is 543 g/mol. The summed E-state index contributed by atoms with van der Waals surface area (Å²) >= 11 is 0. The number of likely N-dealkylation sites (tertiary alicyclic amines) is 1. The number of hydrogen-bond donors (Lipinski definition) is 2. The molecule has 0 saturated carbocycles. The monoisotopic (exact) mass is 542 g/mol. The van der Waals surface area contributed by atoms with Crippen LogP contribution in [0, 0.1) is 0 Å². The first-order valence-corrected chi connectivity index (χ1v) is 12.6. The van der Waals surface area contributed by atoms with Gasteiger partial charge in [0.25, 0.3) is 0 Å². The van der Waals surface area contributed by atoms with Crippen LogP contribution in [0.2, 0.25) is 0 Å². The van der Waals surface area contributed by atoms with Gasteiger partial charge in [-0.15, -0.1) is 0 Å². The molecule has 0 aliphatic carbocycles. The highest BCUT2D eigenvalue weighted by atomic mass is 19.4. The van der Waals surface area contributed by atoms with Crippen LogP contribution in [0.15, 0.2) is 47.3 Å². The first-order chi connectivity index (χ1) is 18.7. The molecule has 1 aliphatic heterocycles. The van der Waals surface area contributed by atoms with Crippen molar-refractivity contribution in [3.63, 3.8) is 0 Å². The van der Waals surface area contributed by atoms with E-state index in [-0.39, 0.29) is 30.6 Å². The number of anilines is 1. The van der Waals surface area contributed by atoms with Crippen LogP contribution in [0.1, 0.15) is 29.5 Å². The van der Waals surface area contributed by atoms with E-state index in [0.717, 1.165) is 31.5 Å². The quantitative estimate of drug-likeness (QED) is 0.307. The molecule has 0 spiro atoms. The summed E-state index contributed by atoms with van der Waals surface area (Å²) in [4.78, 5) is 25.9. The Morgan fingerprint density at radius 3 is 2.41 bits per heavy atom. The Morgan fingerprint density at radius 2 is 1.72 bits per heavy atom. The van der Waals surface area contributed by atoms with Crippen LogP contribution in [-0.2, 0) is 24.0 Å². The topological polar surface area (TPSA) is 111 Å². The van der Waals surface area contributed by atoms with E-state index in [2.05, 4.69) is 19.9 Å². The first kappa shape index (κ1) is 26.7. The molecule has 3 heterocycles. The molecule has 1 aliphatic rings. The highest BCUT2D eigenvalue weighted by Crippen LogP contribution is 2.34. The molecule has 1 saturated heterocycles. The van der Waals surface area contributed by atoms with Gasteiger partial charge in [-0.3, -0.25) is 9.47 Å². The van der Waals surface area contributed by atoms with E-state index >= 15 is 0 Å². The van der Waals surface area contributed by atoms with Crippen molar-refractivity contribution in [3.8, 4) is 17.1 Å². The van der Waals surface area contributed by atoms with Crippen molar-refractivity contribution in [2.45, 2.75) is 32.1 Å². The smallest absolute Gasteiger partial charge is 0.416 e. The van der Waals surface area contributed by atoms with Crippen LogP contribution in [-0.4, -0.2) is 57.8 Å². The number of aromatic amines is 1. The second-order valence-electron chi connectivity index (χ2n) is 9.54. The minimum atomic E-state index is -4.44. The molecule has 3 N–H and O–H groups in total. The molecule has 5 rings (SSSR count). The van der Waals surface area contributed by atoms with Gasteiger partial charge in [0.15, 0.2) is 11.5 Å². The predicted octanol–water partition coefficient (Wildman–Crippen LogP) is 4.06. The molecule has 39 heavy (non-hydrogen) atoms. The zero-order chi connectivity index (χ0) is 27.6. The van der Waals surface area contributed by atoms with Gasteiger partial charge in [0.05, 0.1) is 18.7 Å². The zero-order valence-electron chi connectivity index (χ0n) is 21.4. The van der Waals surface area contributed by atoms with Gasteiger partial charge in [0, 0.05) is 13.7 Å². The summed E-state index contributed by atoms with van der Waals surface area (Å²) in [6, 6.07) is 11.3. The van der Waals surface area contributed by atoms with Crippen LogP contribution < -0.4 is 16.2 Å². The van der Waals surface area contributed by atoms with Gasteiger partial charge in [-0.25, -0.2) is 4.79 Å². The maximum atomic E-state index is 13.7. The lowest BCUT2D eigenvalue weighted by Gasteiger charge is -2.18. The van der Waals surface area contributed by atoms with E-state index in [9.17, 15) is 18.0 Å². The highest BCUT2D eigenvalue weighted by molar-refractivity contribution is 5.82. The zero-order valence-corrected chi connectivity index (χ0v) is 21.4. The summed E-state index contributed by atoms with van der Waals surface area (Å²) in [5.41, 5.74) is 8.03. The van der Waals surface area contributed by atoms with Crippen LogP contribution >= 0.6 is 0 Å². The van der Waals surface area contributed by atoms with Gasteiger partial charge >= 0.3 is 17.9 Å². The molecular weight excluding hydrogens is 513 g/mol. The number of ether oxygens (including phenoxy) is 2. The lowest BCUT2D eigenvalue weighted by Crippen LogP contribution is -2.19. The van der Waals surface area contributed by atoms with Crippen molar-refractivity contribution in [3.05, 3.63) is 69.6 Å². The number of fused-ring (bicyclic) bond motifs is 1. The number of H-pyrrole nitrogens is 1. The molecule has 0 atom stereocenters. The fourth-order valence-corrected chi connectivity index (χ4v) is 4.76. The van der Waals surface area contributed by atoms with Crippen LogP contribution in [0.5, 0.6) is 6.01 Å². The summed E-state index contributed by atoms with van der Waals surface area (Å²) < 4.78 is 52.9. The fraction of sp³-hybridized carbons (Fsp3) is 0.370. The Morgan fingerprint density at radius 1 is 0.974 bits per heavy atom. The van der Waals surface area contributed by atoms with Crippen molar-refractivity contribution < 1.29 is 22.6 Å². The van der Waals surface area contributed by atoms with Crippen molar-refractivity contribution in [1.29, 1.82) is 0 Å². The Bertz CT molecular complexity index is 1510. The minimum Gasteiger partial charge on any atom is -0.461 e. The van der Waals surface area contributed by atoms with Gasteiger partial charge in [-0.1, -0.05) is 24.3 Å². The Hall–Kier alpha value is -3.90. The minimum absolute atomic E-state index is 0.0226. The number of hydrogen-bond acceptors (Lipinski definition) is 7. The summed E-state index contributed by atoms with van der Waals surface area (Å²) in [5, 5.41) is 0. The van der Waals surface area contributed by atoms with Gasteiger partial charge in [-0.05, 0) is 66.4 Å². The van der Waals surface area contributed by atoms with E-state index in [1.807, 2.05) is 6.07 Å². The number of imidazole rings is 1. The summed E-state index contributed by atoms with van der Waals surface area (Å²) in [5.74, 6) is 0.0768. The Balaban J connectivity index is 1.41. The molecule has 0 amide bonds. The van der Waals surface area contributed by atoms with Crippen molar-refractivity contribution >= 4 is 17.0 Å². The van der Waals surface area contributed by atoms with Crippen molar-refractivity contribution in [1.82, 2.24) is 24.4 Å². The molecule has 4 aromatic rings. The molecule has 0 unspecified atom stereocenters. The SMILES string of the molecule is COCCOc1nc(N)c2[nH]c(=O)n(Cc3ccc(-c4cc(CN5CCCC5)cc(C(F)(F)F)c4)cc3)c2n1. The average Bonchev–Trinajstić information content (AvgIpc) is 3.52. The molecule has 1 fully saturated rings. The van der Waals surface area contributed by atoms with Crippen LogP contribution in [0.25, 0.3) is 22.3 Å². The summed E-state index contributed by atoms with van der Waals surface area (Å²) in [7, 11) is 1.54. The highest BCUT2D eigenvalue weighted by Gasteiger charge is 2.31. The normalized spacial score (nSPS) is 14.4. The maximum Gasteiger partial charge on any atom is 0.416 e. The molecule has 2 aromatic heterocycles. The number of nitrogens with one attached hydrogen (secondary N) is 1. The summed E-state index contributed by atoms with van der Waals surface area (Å²) in [6.07, 6.45) is -2.32. The number of nitrogen functional groups attached to an aromatic ring is 1. The van der Waals surface area contributed by atoms with Gasteiger partial charge in [0.1, 0.15) is 12.1 Å². The number of rotatable bonds is 9. The van der Waals surface area contributed by atoms with E-state index in [0.29, 0.717) is 35.4 Å². The number of alkyl halides is 3. The third-order valence-electron chi connectivity index (χ3n) is 6.70.